The molecule has 1 saturated carbocycles. The minimum absolute atomic E-state index is 0.492. The highest BCUT2D eigenvalue weighted by atomic mass is 32.2. The molecule has 0 aliphatic heterocycles. The third-order valence-electron chi connectivity index (χ3n) is 3.73. The summed E-state index contributed by atoms with van der Waals surface area (Å²) in [4.78, 5) is 0. The quantitative estimate of drug-likeness (QED) is 0.818. The van der Waals surface area contributed by atoms with Crippen LogP contribution in [0.2, 0.25) is 0 Å². The first-order valence-corrected chi connectivity index (χ1v) is 7.82. The number of para-hydroxylation sites is 1. The molecule has 0 heterocycles. The fourth-order valence-corrected chi connectivity index (χ4v) is 2.96. The van der Waals surface area contributed by atoms with Crippen LogP contribution in [0, 0.1) is 0 Å². The molecule has 1 aliphatic carbocycles. The van der Waals surface area contributed by atoms with Crippen molar-refractivity contribution in [2.24, 2.45) is 0 Å². The Bertz CT molecular complexity index is 390. The van der Waals surface area contributed by atoms with E-state index < -0.39 is 0 Å². The highest BCUT2D eigenvalue weighted by Gasteiger charge is 2.41. The van der Waals surface area contributed by atoms with Crippen molar-refractivity contribution in [1.29, 1.82) is 0 Å². The average Bonchev–Trinajstić information content (AvgIpc) is 3.18. The smallest absolute Gasteiger partial charge is 0.122 e. The first-order valence-electron chi connectivity index (χ1n) is 6.59. The summed E-state index contributed by atoms with van der Waals surface area (Å²) in [7, 11) is 1.74. The number of methoxy groups -OCH3 is 1. The molecule has 1 N–H and O–H groups in total. The predicted molar refractivity (Wildman–Crippen MR) is 79.6 cm³/mol. The minimum atomic E-state index is 0.492. The zero-order valence-electron chi connectivity index (χ0n) is 11.5. The maximum atomic E-state index is 5.39. The van der Waals surface area contributed by atoms with E-state index in [1.165, 1.54) is 18.4 Å². The molecule has 1 aromatic rings. The van der Waals surface area contributed by atoms with E-state index in [-0.39, 0.29) is 0 Å². The Balaban J connectivity index is 1.85. The molecule has 2 nitrogen and oxygen atoms in total. The molecule has 0 aromatic heterocycles. The maximum absolute atomic E-state index is 5.39. The van der Waals surface area contributed by atoms with E-state index in [4.69, 9.17) is 4.74 Å². The average molecular weight is 265 g/mol. The van der Waals surface area contributed by atoms with Gasteiger partial charge in [-0.15, -0.1) is 0 Å². The summed E-state index contributed by atoms with van der Waals surface area (Å²) in [5.74, 6) is 0.997. The Labute approximate surface area is 114 Å². The fourth-order valence-electron chi connectivity index (χ4n) is 2.23. The summed E-state index contributed by atoms with van der Waals surface area (Å²) in [6, 6.07) is 8.78. The van der Waals surface area contributed by atoms with Crippen LogP contribution in [0.4, 0.5) is 0 Å². The zero-order valence-corrected chi connectivity index (χ0v) is 12.3. The van der Waals surface area contributed by atoms with Crippen LogP contribution in [0.25, 0.3) is 0 Å². The molecule has 0 spiro atoms. The van der Waals surface area contributed by atoms with E-state index in [0.717, 1.165) is 18.7 Å². The van der Waals surface area contributed by atoms with Crippen molar-refractivity contribution in [2.45, 2.75) is 37.0 Å². The first-order chi connectivity index (χ1) is 8.69. The van der Waals surface area contributed by atoms with Gasteiger partial charge >= 0.3 is 0 Å². The topological polar surface area (TPSA) is 21.3 Å². The lowest BCUT2D eigenvalue weighted by Gasteiger charge is -2.19. The van der Waals surface area contributed by atoms with Crippen molar-refractivity contribution in [3.8, 4) is 5.75 Å². The normalized spacial score (nSPS) is 18.4. The molecule has 0 amide bonds. The minimum Gasteiger partial charge on any atom is -0.496 e. The molecule has 1 aliphatic rings. The van der Waals surface area contributed by atoms with Gasteiger partial charge in [-0.2, -0.15) is 11.8 Å². The third-order valence-corrected chi connectivity index (χ3v) is 5.15. The summed E-state index contributed by atoms with van der Waals surface area (Å²) < 4.78 is 5.93. The molecule has 3 heteroatoms. The largest absolute Gasteiger partial charge is 0.496 e. The first kappa shape index (κ1) is 13.8. The van der Waals surface area contributed by atoms with E-state index >= 15 is 0 Å². The number of nitrogens with one attached hydrogen (secondary N) is 1. The number of rotatable bonds is 7. The van der Waals surface area contributed by atoms with Crippen LogP contribution < -0.4 is 10.1 Å². The fraction of sp³-hybridized carbons (Fsp3) is 0.600. The van der Waals surface area contributed by atoms with Gasteiger partial charge in [0, 0.05) is 17.3 Å². The predicted octanol–water partition coefficient (Wildman–Crippen LogP) is 3.11. The molecule has 100 valence electrons. The van der Waals surface area contributed by atoms with Crippen molar-refractivity contribution in [3.05, 3.63) is 29.8 Å². The molecule has 0 radical (unpaired) electrons. The summed E-state index contributed by atoms with van der Waals surface area (Å²) in [6.45, 7) is 3.38. The third kappa shape index (κ3) is 3.42. The van der Waals surface area contributed by atoms with E-state index in [9.17, 15) is 0 Å². The van der Waals surface area contributed by atoms with Crippen molar-refractivity contribution >= 4 is 11.8 Å². The van der Waals surface area contributed by atoms with Gasteiger partial charge in [0.15, 0.2) is 0 Å². The van der Waals surface area contributed by atoms with Gasteiger partial charge in [0.1, 0.15) is 5.75 Å². The Morgan fingerprint density at radius 3 is 2.72 bits per heavy atom. The summed E-state index contributed by atoms with van der Waals surface area (Å²) in [5.41, 5.74) is 1.29. The highest BCUT2D eigenvalue weighted by molar-refractivity contribution is 8.00. The van der Waals surface area contributed by atoms with E-state index in [1.54, 1.807) is 7.11 Å². The number of benzene rings is 1. The summed E-state index contributed by atoms with van der Waals surface area (Å²) >= 11 is 2.01. The van der Waals surface area contributed by atoms with E-state index in [0.29, 0.717) is 10.8 Å². The monoisotopic (exact) mass is 265 g/mol. The van der Waals surface area contributed by atoms with Crippen LogP contribution in [-0.4, -0.2) is 30.7 Å². The van der Waals surface area contributed by atoms with Gasteiger partial charge in [-0.05, 0) is 44.1 Å². The van der Waals surface area contributed by atoms with Gasteiger partial charge in [0.25, 0.3) is 0 Å². The summed E-state index contributed by atoms with van der Waals surface area (Å²) in [6.07, 6.45) is 5.97. The van der Waals surface area contributed by atoms with Crippen molar-refractivity contribution in [3.63, 3.8) is 0 Å². The second-order valence-corrected chi connectivity index (χ2v) is 6.46. The lowest BCUT2D eigenvalue weighted by molar-refractivity contribution is 0.406. The lowest BCUT2D eigenvalue weighted by atomic mass is 10.1. The molecule has 1 unspecified atom stereocenters. The van der Waals surface area contributed by atoms with Gasteiger partial charge in [0.2, 0.25) is 0 Å². The van der Waals surface area contributed by atoms with Gasteiger partial charge in [-0.1, -0.05) is 18.2 Å². The SMILES string of the molecule is COc1ccccc1CC(C)NCC1(SC)CC1. The van der Waals surface area contributed by atoms with Crippen molar-refractivity contribution < 1.29 is 4.74 Å². The maximum Gasteiger partial charge on any atom is 0.122 e. The second kappa shape index (κ2) is 5.98. The van der Waals surface area contributed by atoms with Crippen molar-refractivity contribution in [1.82, 2.24) is 5.32 Å². The molecule has 1 fully saturated rings. The van der Waals surface area contributed by atoms with Crippen LogP contribution in [-0.2, 0) is 6.42 Å². The molecule has 2 rings (SSSR count). The lowest BCUT2D eigenvalue weighted by Crippen LogP contribution is -2.34. The number of hydrogen-bond donors (Lipinski definition) is 1. The molecule has 18 heavy (non-hydrogen) atoms. The second-order valence-electron chi connectivity index (χ2n) is 5.19. The molecule has 0 bridgehead atoms. The summed E-state index contributed by atoms with van der Waals surface area (Å²) in [5, 5.41) is 3.66. The van der Waals surface area contributed by atoms with Gasteiger partial charge in [-0.25, -0.2) is 0 Å². The Morgan fingerprint density at radius 1 is 1.39 bits per heavy atom. The van der Waals surface area contributed by atoms with Crippen LogP contribution >= 0.6 is 11.8 Å². The Morgan fingerprint density at radius 2 is 2.11 bits per heavy atom. The molecule has 1 atom stereocenters. The number of thioether (sulfide) groups is 1. The van der Waals surface area contributed by atoms with Crippen LogP contribution in [0.5, 0.6) is 5.75 Å². The highest BCUT2D eigenvalue weighted by Crippen LogP contribution is 2.46. The van der Waals surface area contributed by atoms with Crippen molar-refractivity contribution in [2.75, 3.05) is 19.9 Å². The molecular formula is C15H23NOS. The number of hydrogen-bond acceptors (Lipinski definition) is 3. The molecular weight excluding hydrogens is 242 g/mol. The Hall–Kier alpha value is -0.670. The number of ether oxygens (including phenoxy) is 1. The van der Waals surface area contributed by atoms with Crippen LogP contribution in [0.1, 0.15) is 25.3 Å². The van der Waals surface area contributed by atoms with Gasteiger partial charge in [-0.3, -0.25) is 0 Å². The van der Waals surface area contributed by atoms with E-state index in [2.05, 4.69) is 30.6 Å². The molecule has 0 saturated heterocycles. The van der Waals surface area contributed by atoms with E-state index in [1.807, 2.05) is 23.9 Å². The van der Waals surface area contributed by atoms with Crippen LogP contribution in [0.3, 0.4) is 0 Å². The zero-order chi connectivity index (χ0) is 13.0. The Kier molecular flexibility index (Phi) is 4.57. The standard InChI is InChI=1S/C15H23NOS/c1-12(16-11-15(18-3)8-9-15)10-13-6-4-5-7-14(13)17-2/h4-7,12,16H,8-11H2,1-3H3. The molecule has 1 aromatic carbocycles. The van der Waals surface area contributed by atoms with Gasteiger partial charge < -0.3 is 10.1 Å². The van der Waals surface area contributed by atoms with Crippen LogP contribution in [0.15, 0.2) is 24.3 Å². The van der Waals surface area contributed by atoms with Gasteiger partial charge in [0.05, 0.1) is 7.11 Å².